The molecule has 192 valence electrons. The first-order chi connectivity index (χ1) is 17.0. The standard InChI is InChI=1S/C27H38N2O6/c1-32-25-12-9-20(15-26(25)33-2)13-14-34-24-6-4-3-5-23(24)29-17-21(30)18-35-22-10-7-19(8-11-22)16-27(28)31/h7-12,15,21,23-24,29-30H,3-6,13-14,16-18H2,1-2H3,(H2,28,31)/t21?,23-,24-/m1/s1. The van der Waals surface area contributed by atoms with Crippen LogP contribution in [-0.4, -0.2) is 63.2 Å². The van der Waals surface area contributed by atoms with Crippen LogP contribution in [0.25, 0.3) is 0 Å². The van der Waals surface area contributed by atoms with Crippen LogP contribution in [-0.2, 0) is 22.4 Å². The Balaban J connectivity index is 1.40. The molecular formula is C27H38N2O6. The number of ether oxygens (including phenoxy) is 4. The smallest absolute Gasteiger partial charge is 0.221 e. The minimum absolute atomic E-state index is 0.120. The van der Waals surface area contributed by atoms with Crippen molar-refractivity contribution < 1.29 is 28.8 Å². The Morgan fingerprint density at radius 3 is 2.49 bits per heavy atom. The highest BCUT2D eigenvalue weighted by molar-refractivity contribution is 5.76. The second-order valence-electron chi connectivity index (χ2n) is 8.90. The van der Waals surface area contributed by atoms with E-state index in [1.165, 1.54) is 0 Å². The number of methoxy groups -OCH3 is 2. The third-order valence-electron chi connectivity index (χ3n) is 6.23. The van der Waals surface area contributed by atoms with Crippen molar-refractivity contribution in [3.05, 3.63) is 53.6 Å². The molecule has 0 radical (unpaired) electrons. The van der Waals surface area contributed by atoms with Gasteiger partial charge in [-0.25, -0.2) is 0 Å². The fraction of sp³-hybridized carbons (Fsp3) is 0.519. The minimum Gasteiger partial charge on any atom is -0.493 e. The number of carbonyl (C=O) groups is 1. The lowest BCUT2D eigenvalue weighted by atomic mass is 9.92. The van der Waals surface area contributed by atoms with Gasteiger partial charge in [-0.3, -0.25) is 4.79 Å². The zero-order valence-electron chi connectivity index (χ0n) is 20.7. The average Bonchev–Trinajstić information content (AvgIpc) is 2.87. The van der Waals surface area contributed by atoms with Gasteiger partial charge in [-0.2, -0.15) is 0 Å². The number of aliphatic hydroxyl groups excluding tert-OH is 1. The Bertz CT molecular complexity index is 920. The number of rotatable bonds is 14. The Morgan fingerprint density at radius 2 is 1.77 bits per heavy atom. The number of aliphatic hydroxyl groups is 1. The summed E-state index contributed by atoms with van der Waals surface area (Å²) in [5.41, 5.74) is 7.18. The van der Waals surface area contributed by atoms with Crippen molar-refractivity contribution in [1.82, 2.24) is 5.32 Å². The maximum absolute atomic E-state index is 11.0. The number of nitrogens with one attached hydrogen (secondary N) is 1. The van der Waals surface area contributed by atoms with E-state index in [9.17, 15) is 9.90 Å². The van der Waals surface area contributed by atoms with Gasteiger partial charge in [0.2, 0.25) is 5.91 Å². The Labute approximate surface area is 207 Å². The van der Waals surface area contributed by atoms with Gasteiger partial charge in [-0.05, 0) is 54.7 Å². The highest BCUT2D eigenvalue weighted by atomic mass is 16.5. The molecule has 3 rings (SSSR count). The molecule has 1 aliphatic rings. The van der Waals surface area contributed by atoms with Gasteiger partial charge in [0.25, 0.3) is 0 Å². The van der Waals surface area contributed by atoms with E-state index in [1.807, 2.05) is 18.2 Å². The molecule has 0 saturated heterocycles. The van der Waals surface area contributed by atoms with Gasteiger partial charge >= 0.3 is 0 Å². The molecule has 8 nitrogen and oxygen atoms in total. The third-order valence-corrected chi connectivity index (χ3v) is 6.23. The van der Waals surface area contributed by atoms with Crippen LogP contribution in [0.2, 0.25) is 0 Å². The Kier molecular flexibility index (Phi) is 10.7. The van der Waals surface area contributed by atoms with Crippen LogP contribution < -0.4 is 25.3 Å². The van der Waals surface area contributed by atoms with Crippen molar-refractivity contribution in [2.45, 2.75) is 56.8 Å². The van der Waals surface area contributed by atoms with Gasteiger partial charge in [0.05, 0.1) is 33.4 Å². The second-order valence-corrected chi connectivity index (χ2v) is 8.90. The van der Waals surface area contributed by atoms with Crippen molar-refractivity contribution in [1.29, 1.82) is 0 Å². The first-order valence-corrected chi connectivity index (χ1v) is 12.2. The molecule has 1 saturated carbocycles. The number of carbonyl (C=O) groups excluding carboxylic acids is 1. The third kappa shape index (κ3) is 8.72. The summed E-state index contributed by atoms with van der Waals surface area (Å²) in [4.78, 5) is 11.0. The van der Waals surface area contributed by atoms with E-state index in [-0.39, 0.29) is 31.1 Å². The first kappa shape index (κ1) is 26.8. The summed E-state index contributed by atoms with van der Waals surface area (Å²) >= 11 is 0. The summed E-state index contributed by atoms with van der Waals surface area (Å²) in [6, 6.07) is 13.3. The van der Waals surface area contributed by atoms with Crippen molar-refractivity contribution in [2.75, 3.05) is 34.0 Å². The number of primary amides is 1. The molecule has 3 atom stereocenters. The molecule has 0 aromatic heterocycles. The van der Waals surface area contributed by atoms with E-state index >= 15 is 0 Å². The fourth-order valence-electron chi connectivity index (χ4n) is 4.34. The molecule has 8 heteroatoms. The first-order valence-electron chi connectivity index (χ1n) is 12.2. The normalized spacial score (nSPS) is 18.6. The maximum atomic E-state index is 11.0. The number of benzene rings is 2. The number of hydrogen-bond acceptors (Lipinski definition) is 7. The zero-order chi connectivity index (χ0) is 25.0. The Hall–Kier alpha value is -2.81. The van der Waals surface area contributed by atoms with Gasteiger partial charge in [0.15, 0.2) is 11.5 Å². The number of amides is 1. The summed E-state index contributed by atoms with van der Waals surface area (Å²) in [5, 5.41) is 13.9. The van der Waals surface area contributed by atoms with Crippen LogP contribution in [0, 0.1) is 0 Å². The molecule has 2 aromatic carbocycles. The predicted octanol–water partition coefficient (Wildman–Crippen LogP) is 2.63. The molecule has 1 aliphatic carbocycles. The second kappa shape index (κ2) is 13.9. The van der Waals surface area contributed by atoms with E-state index in [1.54, 1.807) is 38.5 Å². The monoisotopic (exact) mass is 486 g/mol. The van der Waals surface area contributed by atoms with Crippen LogP contribution in [0.5, 0.6) is 17.2 Å². The molecule has 2 aromatic rings. The molecule has 1 unspecified atom stereocenters. The average molecular weight is 487 g/mol. The van der Waals surface area contributed by atoms with Gasteiger partial charge in [0.1, 0.15) is 18.5 Å². The van der Waals surface area contributed by atoms with Crippen LogP contribution in [0.4, 0.5) is 0 Å². The molecule has 1 amide bonds. The lowest BCUT2D eigenvalue weighted by Crippen LogP contribution is -2.47. The molecule has 0 heterocycles. The highest BCUT2D eigenvalue weighted by Crippen LogP contribution is 2.28. The molecule has 1 fully saturated rings. The predicted molar refractivity (Wildman–Crippen MR) is 134 cm³/mol. The molecule has 0 bridgehead atoms. The van der Waals surface area contributed by atoms with Crippen molar-refractivity contribution in [3.8, 4) is 17.2 Å². The zero-order valence-corrected chi connectivity index (χ0v) is 20.7. The van der Waals surface area contributed by atoms with Crippen LogP contribution in [0.1, 0.15) is 36.8 Å². The quantitative estimate of drug-likeness (QED) is 0.376. The lowest BCUT2D eigenvalue weighted by Gasteiger charge is -2.33. The SMILES string of the molecule is COc1ccc(CCO[C@@H]2CCCC[C@H]2NCC(O)COc2ccc(CC(N)=O)cc2)cc1OC. The molecular weight excluding hydrogens is 448 g/mol. The van der Waals surface area contributed by atoms with Gasteiger partial charge < -0.3 is 35.1 Å². The maximum Gasteiger partial charge on any atom is 0.221 e. The summed E-state index contributed by atoms with van der Waals surface area (Å²) in [6.45, 7) is 1.23. The van der Waals surface area contributed by atoms with Crippen molar-refractivity contribution in [3.63, 3.8) is 0 Å². The van der Waals surface area contributed by atoms with Crippen LogP contribution in [0.3, 0.4) is 0 Å². The minimum atomic E-state index is -0.644. The van der Waals surface area contributed by atoms with Crippen LogP contribution in [0.15, 0.2) is 42.5 Å². The van der Waals surface area contributed by atoms with Gasteiger partial charge in [-0.1, -0.05) is 31.0 Å². The van der Waals surface area contributed by atoms with E-state index < -0.39 is 6.10 Å². The van der Waals surface area contributed by atoms with Crippen LogP contribution >= 0.6 is 0 Å². The number of hydrogen-bond donors (Lipinski definition) is 3. The summed E-state index contributed by atoms with van der Waals surface area (Å²) in [5.74, 6) is 1.72. The topological polar surface area (TPSA) is 112 Å². The highest BCUT2D eigenvalue weighted by Gasteiger charge is 2.26. The fourth-order valence-corrected chi connectivity index (χ4v) is 4.34. The summed E-state index contributed by atoms with van der Waals surface area (Å²) in [6.07, 6.45) is 4.80. The van der Waals surface area contributed by atoms with Gasteiger partial charge in [0, 0.05) is 12.6 Å². The lowest BCUT2D eigenvalue weighted by molar-refractivity contribution is -0.117. The van der Waals surface area contributed by atoms with Crippen molar-refractivity contribution in [2.24, 2.45) is 5.73 Å². The van der Waals surface area contributed by atoms with Crippen molar-refractivity contribution >= 4 is 5.91 Å². The van der Waals surface area contributed by atoms with E-state index in [0.717, 1.165) is 54.7 Å². The van der Waals surface area contributed by atoms with E-state index in [0.29, 0.717) is 18.9 Å². The Morgan fingerprint density at radius 1 is 1.06 bits per heavy atom. The molecule has 0 spiro atoms. The molecule has 0 aliphatic heterocycles. The van der Waals surface area contributed by atoms with E-state index in [4.69, 9.17) is 24.7 Å². The van der Waals surface area contributed by atoms with Gasteiger partial charge in [-0.15, -0.1) is 0 Å². The largest absolute Gasteiger partial charge is 0.493 e. The molecule has 4 N–H and O–H groups in total. The summed E-state index contributed by atoms with van der Waals surface area (Å²) in [7, 11) is 3.27. The van der Waals surface area contributed by atoms with E-state index in [2.05, 4.69) is 5.32 Å². The number of nitrogens with two attached hydrogens (primary N) is 1. The molecule has 35 heavy (non-hydrogen) atoms. The summed E-state index contributed by atoms with van der Waals surface area (Å²) < 4.78 is 22.6.